The van der Waals surface area contributed by atoms with Gasteiger partial charge in [-0.2, -0.15) is 0 Å². The molecule has 1 N–H and O–H groups in total. The van der Waals surface area contributed by atoms with Crippen LogP contribution in [0.25, 0.3) is 0 Å². The lowest BCUT2D eigenvalue weighted by Crippen LogP contribution is -2.07. The number of carbonyl (C=O) groups is 1. The highest BCUT2D eigenvalue weighted by Crippen LogP contribution is 2.33. The van der Waals surface area contributed by atoms with Crippen molar-refractivity contribution in [1.29, 1.82) is 0 Å². The molecule has 0 aromatic heterocycles. The fraction of sp³-hybridized carbons (Fsp3) is 0.462. The van der Waals surface area contributed by atoms with Gasteiger partial charge in [-0.1, -0.05) is 26.0 Å². The fourth-order valence-electron chi connectivity index (χ4n) is 1.97. The van der Waals surface area contributed by atoms with E-state index in [9.17, 15) is 4.79 Å². The summed E-state index contributed by atoms with van der Waals surface area (Å²) in [5.74, 6) is 0.255. The van der Waals surface area contributed by atoms with Crippen LogP contribution in [-0.2, 0) is 11.2 Å². The first kappa shape index (κ1) is 12.6. The Morgan fingerprint density at radius 1 is 1.44 bits per heavy atom. The second-order valence-corrected chi connectivity index (χ2v) is 4.21. The van der Waals surface area contributed by atoms with Gasteiger partial charge in [0.15, 0.2) is 0 Å². The monoisotopic (exact) mass is 222 g/mol. The van der Waals surface area contributed by atoms with Crippen LogP contribution in [-0.4, -0.2) is 18.2 Å². The summed E-state index contributed by atoms with van der Waals surface area (Å²) in [6.45, 7) is 6.06. The van der Waals surface area contributed by atoms with Gasteiger partial charge in [-0.3, -0.25) is 4.79 Å². The predicted molar refractivity (Wildman–Crippen MR) is 63.2 cm³/mol. The van der Waals surface area contributed by atoms with E-state index >= 15 is 0 Å². The SMILES string of the molecule is COc1c(C)ccc(CC(=O)O)c1C(C)C. The van der Waals surface area contributed by atoms with E-state index in [0.717, 1.165) is 22.4 Å². The highest BCUT2D eigenvalue weighted by molar-refractivity contribution is 5.71. The van der Waals surface area contributed by atoms with Gasteiger partial charge in [0.25, 0.3) is 0 Å². The van der Waals surface area contributed by atoms with Crippen molar-refractivity contribution in [3.8, 4) is 5.75 Å². The molecule has 0 amide bonds. The Bertz CT molecular complexity index is 394. The first-order valence-corrected chi connectivity index (χ1v) is 5.35. The second kappa shape index (κ2) is 5.01. The molecule has 0 spiro atoms. The van der Waals surface area contributed by atoms with Crippen molar-refractivity contribution in [2.75, 3.05) is 7.11 Å². The van der Waals surface area contributed by atoms with Gasteiger partial charge in [0.2, 0.25) is 0 Å². The summed E-state index contributed by atoms with van der Waals surface area (Å²) in [4.78, 5) is 10.8. The fourth-order valence-corrected chi connectivity index (χ4v) is 1.97. The molecule has 0 unspecified atom stereocenters. The Morgan fingerprint density at radius 3 is 2.50 bits per heavy atom. The summed E-state index contributed by atoms with van der Waals surface area (Å²) in [6.07, 6.45) is 0.0458. The average Bonchev–Trinajstić information content (AvgIpc) is 2.18. The molecule has 3 heteroatoms. The lowest BCUT2D eigenvalue weighted by Gasteiger charge is -2.18. The highest BCUT2D eigenvalue weighted by Gasteiger charge is 2.16. The molecule has 0 aliphatic heterocycles. The van der Waals surface area contributed by atoms with Crippen molar-refractivity contribution in [3.63, 3.8) is 0 Å². The number of rotatable bonds is 4. The number of hydrogen-bond donors (Lipinski definition) is 1. The van der Waals surface area contributed by atoms with Crippen LogP contribution in [0.3, 0.4) is 0 Å². The molecule has 0 saturated heterocycles. The maximum Gasteiger partial charge on any atom is 0.307 e. The van der Waals surface area contributed by atoms with Crippen molar-refractivity contribution in [2.24, 2.45) is 0 Å². The van der Waals surface area contributed by atoms with Crippen LogP contribution in [0.1, 0.15) is 36.5 Å². The van der Waals surface area contributed by atoms with Gasteiger partial charge >= 0.3 is 5.97 Å². The third-order valence-electron chi connectivity index (χ3n) is 2.61. The highest BCUT2D eigenvalue weighted by atomic mass is 16.5. The van der Waals surface area contributed by atoms with Gasteiger partial charge in [-0.25, -0.2) is 0 Å². The first-order valence-electron chi connectivity index (χ1n) is 5.35. The average molecular weight is 222 g/mol. The van der Waals surface area contributed by atoms with Crippen molar-refractivity contribution < 1.29 is 14.6 Å². The zero-order chi connectivity index (χ0) is 12.3. The minimum Gasteiger partial charge on any atom is -0.496 e. The number of carboxylic acids is 1. The standard InChI is InChI=1S/C13H18O3/c1-8(2)12-10(7-11(14)15)6-5-9(3)13(12)16-4/h5-6,8H,7H2,1-4H3,(H,14,15). The molecule has 0 atom stereocenters. The zero-order valence-corrected chi connectivity index (χ0v) is 10.2. The van der Waals surface area contributed by atoms with Crippen LogP contribution in [0.5, 0.6) is 5.75 Å². The summed E-state index contributed by atoms with van der Waals surface area (Å²) < 4.78 is 5.37. The molecule has 0 fully saturated rings. The number of hydrogen-bond acceptors (Lipinski definition) is 2. The molecule has 1 aromatic rings. The third-order valence-corrected chi connectivity index (χ3v) is 2.61. The quantitative estimate of drug-likeness (QED) is 0.852. The summed E-state index contributed by atoms with van der Waals surface area (Å²) in [5.41, 5.74) is 2.88. The minimum absolute atomic E-state index is 0.0458. The van der Waals surface area contributed by atoms with Gasteiger partial charge in [0, 0.05) is 5.56 Å². The molecular formula is C13H18O3. The number of ether oxygens (including phenoxy) is 1. The molecule has 0 aliphatic carbocycles. The van der Waals surface area contributed by atoms with Gasteiger partial charge < -0.3 is 9.84 Å². The normalized spacial score (nSPS) is 10.6. The molecule has 0 bridgehead atoms. The largest absolute Gasteiger partial charge is 0.496 e. The molecule has 88 valence electrons. The molecule has 0 saturated carbocycles. The molecule has 0 heterocycles. The molecule has 3 nitrogen and oxygen atoms in total. The topological polar surface area (TPSA) is 46.5 Å². The predicted octanol–water partition coefficient (Wildman–Crippen LogP) is 2.75. The Morgan fingerprint density at radius 2 is 2.06 bits per heavy atom. The number of carboxylic acid groups (broad SMARTS) is 1. The molecule has 1 aromatic carbocycles. The van der Waals surface area contributed by atoms with Crippen LogP contribution in [0, 0.1) is 6.92 Å². The first-order chi connectivity index (χ1) is 7.47. The van der Waals surface area contributed by atoms with Crippen LogP contribution in [0.2, 0.25) is 0 Å². The number of methoxy groups -OCH3 is 1. The van der Waals surface area contributed by atoms with Crippen LogP contribution in [0.15, 0.2) is 12.1 Å². The Kier molecular flexibility index (Phi) is 3.93. The van der Waals surface area contributed by atoms with Crippen molar-refractivity contribution in [1.82, 2.24) is 0 Å². The Balaban J connectivity index is 3.32. The second-order valence-electron chi connectivity index (χ2n) is 4.21. The summed E-state index contributed by atoms with van der Waals surface area (Å²) in [5, 5.41) is 8.87. The maximum absolute atomic E-state index is 10.8. The van der Waals surface area contributed by atoms with E-state index in [-0.39, 0.29) is 12.3 Å². The van der Waals surface area contributed by atoms with Crippen molar-refractivity contribution >= 4 is 5.97 Å². The lowest BCUT2D eigenvalue weighted by molar-refractivity contribution is -0.136. The lowest BCUT2D eigenvalue weighted by atomic mass is 9.92. The van der Waals surface area contributed by atoms with E-state index in [0.29, 0.717) is 0 Å². The van der Waals surface area contributed by atoms with Gasteiger partial charge in [0.05, 0.1) is 13.5 Å². The van der Waals surface area contributed by atoms with E-state index in [1.165, 1.54) is 0 Å². The van der Waals surface area contributed by atoms with E-state index in [4.69, 9.17) is 9.84 Å². The van der Waals surface area contributed by atoms with E-state index in [1.54, 1.807) is 7.11 Å². The Hall–Kier alpha value is -1.51. The van der Waals surface area contributed by atoms with Crippen LogP contribution >= 0.6 is 0 Å². The van der Waals surface area contributed by atoms with E-state index in [1.807, 2.05) is 32.9 Å². The smallest absolute Gasteiger partial charge is 0.307 e. The molecular weight excluding hydrogens is 204 g/mol. The molecule has 0 aliphatic rings. The maximum atomic E-state index is 10.8. The molecule has 1 rings (SSSR count). The molecule has 0 radical (unpaired) electrons. The number of aryl methyl sites for hydroxylation is 1. The Labute approximate surface area is 96.1 Å². The van der Waals surface area contributed by atoms with E-state index < -0.39 is 5.97 Å². The number of aliphatic carboxylic acids is 1. The van der Waals surface area contributed by atoms with Crippen LogP contribution in [0.4, 0.5) is 0 Å². The summed E-state index contributed by atoms with van der Waals surface area (Å²) in [7, 11) is 1.62. The van der Waals surface area contributed by atoms with Gasteiger partial charge in [-0.05, 0) is 24.0 Å². The van der Waals surface area contributed by atoms with E-state index in [2.05, 4.69) is 0 Å². The third kappa shape index (κ3) is 2.54. The number of benzene rings is 1. The minimum atomic E-state index is -0.812. The zero-order valence-electron chi connectivity index (χ0n) is 10.2. The summed E-state index contributed by atoms with van der Waals surface area (Å²) >= 11 is 0. The van der Waals surface area contributed by atoms with Crippen molar-refractivity contribution in [2.45, 2.75) is 33.1 Å². The molecule has 16 heavy (non-hydrogen) atoms. The van der Waals surface area contributed by atoms with Crippen LogP contribution < -0.4 is 4.74 Å². The van der Waals surface area contributed by atoms with Gasteiger partial charge in [0.1, 0.15) is 5.75 Å². The van der Waals surface area contributed by atoms with Gasteiger partial charge in [-0.15, -0.1) is 0 Å². The van der Waals surface area contributed by atoms with Crippen molar-refractivity contribution in [3.05, 3.63) is 28.8 Å². The summed E-state index contributed by atoms with van der Waals surface area (Å²) in [6, 6.07) is 3.78.